The maximum Gasteiger partial charge on any atom is 0.268 e. The van der Waals surface area contributed by atoms with Crippen LogP contribution in [0.4, 0.5) is 5.69 Å². The fourth-order valence-electron chi connectivity index (χ4n) is 4.04. The molecule has 144 valence electrons. The van der Waals surface area contributed by atoms with Crippen molar-refractivity contribution in [2.45, 2.75) is 11.8 Å². The zero-order chi connectivity index (χ0) is 20.2. The number of benzene rings is 3. The Morgan fingerprint density at radius 1 is 0.828 bits per heavy atom. The van der Waals surface area contributed by atoms with E-state index in [2.05, 4.69) is 16.7 Å². The van der Waals surface area contributed by atoms with E-state index in [-0.39, 0.29) is 4.90 Å². The van der Waals surface area contributed by atoms with Gasteiger partial charge in [-0.1, -0.05) is 54.1 Å². The van der Waals surface area contributed by atoms with Crippen molar-refractivity contribution in [3.8, 4) is 11.3 Å². The maximum atomic E-state index is 13.5. The monoisotopic (exact) mass is 400 g/mol. The van der Waals surface area contributed by atoms with Crippen LogP contribution < -0.4 is 4.31 Å². The third-order valence-corrected chi connectivity index (χ3v) is 7.20. The van der Waals surface area contributed by atoms with Gasteiger partial charge >= 0.3 is 0 Å². The second kappa shape index (κ2) is 6.36. The van der Waals surface area contributed by atoms with Crippen molar-refractivity contribution in [3.63, 3.8) is 0 Å². The molecular weight excluding hydrogens is 380 g/mol. The van der Waals surface area contributed by atoms with Gasteiger partial charge in [0.15, 0.2) is 0 Å². The predicted octanol–water partition coefficient (Wildman–Crippen LogP) is 5.33. The van der Waals surface area contributed by atoms with E-state index in [1.165, 1.54) is 4.31 Å². The SMILES string of the molecule is Cc1ccc(S(=O)(=O)N2C=Cc3c(n(C)c4ccccc34)-c3ccccc32)cc1. The highest BCUT2D eigenvalue weighted by atomic mass is 32.2. The van der Waals surface area contributed by atoms with E-state index in [1.54, 1.807) is 18.3 Å². The van der Waals surface area contributed by atoms with Gasteiger partial charge in [0.1, 0.15) is 0 Å². The van der Waals surface area contributed by atoms with Crippen molar-refractivity contribution in [2.75, 3.05) is 4.31 Å². The molecule has 0 bridgehead atoms. The largest absolute Gasteiger partial charge is 0.343 e. The third-order valence-electron chi connectivity index (χ3n) is 5.50. The zero-order valence-corrected chi connectivity index (χ0v) is 17.0. The Morgan fingerprint density at radius 2 is 1.52 bits per heavy atom. The minimum Gasteiger partial charge on any atom is -0.343 e. The molecule has 4 nitrogen and oxygen atoms in total. The Hall–Kier alpha value is -3.31. The zero-order valence-electron chi connectivity index (χ0n) is 16.2. The molecule has 0 amide bonds. The summed E-state index contributed by atoms with van der Waals surface area (Å²) in [4.78, 5) is 0.276. The van der Waals surface area contributed by atoms with Crippen LogP contribution in [0.15, 0.2) is 83.9 Å². The van der Waals surface area contributed by atoms with Crippen LogP contribution in [-0.2, 0) is 17.1 Å². The molecule has 1 aliphatic heterocycles. The fraction of sp³-hybridized carbons (Fsp3) is 0.0833. The van der Waals surface area contributed by atoms with Crippen molar-refractivity contribution < 1.29 is 8.42 Å². The topological polar surface area (TPSA) is 42.3 Å². The van der Waals surface area contributed by atoms with Crippen LogP contribution in [-0.4, -0.2) is 13.0 Å². The number of aryl methyl sites for hydroxylation is 2. The van der Waals surface area contributed by atoms with Crippen molar-refractivity contribution >= 4 is 32.7 Å². The van der Waals surface area contributed by atoms with Gasteiger partial charge in [0, 0.05) is 35.3 Å². The maximum absolute atomic E-state index is 13.5. The lowest BCUT2D eigenvalue weighted by atomic mass is 10.0. The number of aromatic nitrogens is 1. The molecule has 0 saturated heterocycles. The average Bonchev–Trinajstić information content (AvgIpc) is 2.89. The van der Waals surface area contributed by atoms with E-state index < -0.39 is 10.0 Å². The van der Waals surface area contributed by atoms with Crippen LogP contribution in [0.3, 0.4) is 0 Å². The number of sulfonamides is 1. The predicted molar refractivity (Wildman–Crippen MR) is 118 cm³/mol. The van der Waals surface area contributed by atoms with Crippen LogP contribution in [0, 0.1) is 6.92 Å². The second-order valence-corrected chi connectivity index (χ2v) is 9.10. The van der Waals surface area contributed by atoms with E-state index in [1.807, 2.05) is 68.6 Å². The molecule has 0 saturated carbocycles. The Labute approximate surface area is 170 Å². The van der Waals surface area contributed by atoms with Crippen LogP contribution >= 0.6 is 0 Å². The number of nitrogens with zero attached hydrogens (tertiary/aromatic N) is 2. The third kappa shape index (κ3) is 2.62. The van der Waals surface area contributed by atoms with E-state index in [4.69, 9.17) is 0 Å². The van der Waals surface area contributed by atoms with Gasteiger partial charge in [-0.05, 0) is 37.3 Å². The Balaban J connectivity index is 1.79. The first-order chi connectivity index (χ1) is 14.0. The summed E-state index contributed by atoms with van der Waals surface area (Å²) < 4.78 is 30.5. The summed E-state index contributed by atoms with van der Waals surface area (Å²) in [5.41, 5.74) is 5.72. The Bertz CT molecular complexity index is 1380. The number of fused-ring (bicyclic) bond motifs is 5. The van der Waals surface area contributed by atoms with Crippen molar-refractivity contribution in [1.82, 2.24) is 4.57 Å². The van der Waals surface area contributed by atoms with E-state index in [0.29, 0.717) is 5.69 Å². The van der Waals surface area contributed by atoms with Gasteiger partial charge in [-0.15, -0.1) is 0 Å². The lowest BCUT2D eigenvalue weighted by Crippen LogP contribution is -2.25. The lowest BCUT2D eigenvalue weighted by Gasteiger charge is -2.22. The first-order valence-electron chi connectivity index (χ1n) is 9.44. The Morgan fingerprint density at radius 3 is 2.31 bits per heavy atom. The van der Waals surface area contributed by atoms with Gasteiger partial charge in [-0.2, -0.15) is 0 Å². The van der Waals surface area contributed by atoms with Crippen molar-refractivity contribution in [2.24, 2.45) is 7.05 Å². The number of hydrogen-bond acceptors (Lipinski definition) is 2. The molecule has 2 heterocycles. The lowest BCUT2D eigenvalue weighted by molar-refractivity contribution is 0.596. The number of rotatable bonds is 2. The van der Waals surface area contributed by atoms with Crippen molar-refractivity contribution in [3.05, 3.63) is 90.1 Å². The molecule has 0 spiro atoms. The summed E-state index contributed by atoms with van der Waals surface area (Å²) in [6.07, 6.45) is 3.58. The minimum absolute atomic E-state index is 0.276. The van der Waals surface area contributed by atoms with Gasteiger partial charge in [-0.25, -0.2) is 12.7 Å². The highest BCUT2D eigenvalue weighted by Gasteiger charge is 2.29. The number of anilines is 1. The van der Waals surface area contributed by atoms with E-state index in [9.17, 15) is 8.42 Å². The summed E-state index contributed by atoms with van der Waals surface area (Å²) in [6.45, 7) is 1.94. The molecule has 4 aromatic rings. The summed E-state index contributed by atoms with van der Waals surface area (Å²) >= 11 is 0. The molecule has 0 radical (unpaired) electrons. The molecule has 29 heavy (non-hydrogen) atoms. The second-order valence-electron chi connectivity index (χ2n) is 7.29. The summed E-state index contributed by atoms with van der Waals surface area (Å²) in [5, 5.41) is 1.10. The van der Waals surface area contributed by atoms with Crippen LogP contribution in [0.25, 0.3) is 28.2 Å². The fourth-order valence-corrected chi connectivity index (χ4v) is 5.39. The van der Waals surface area contributed by atoms with Gasteiger partial charge < -0.3 is 4.57 Å². The first-order valence-corrected chi connectivity index (χ1v) is 10.9. The molecule has 0 fully saturated rings. The highest BCUT2D eigenvalue weighted by Crippen LogP contribution is 2.42. The molecule has 1 aliphatic rings. The number of para-hydroxylation sites is 2. The summed E-state index contributed by atoms with van der Waals surface area (Å²) in [7, 11) is -1.72. The van der Waals surface area contributed by atoms with E-state index in [0.717, 1.165) is 33.3 Å². The van der Waals surface area contributed by atoms with Crippen LogP contribution in [0.1, 0.15) is 11.1 Å². The molecule has 5 heteroatoms. The summed E-state index contributed by atoms with van der Waals surface area (Å²) in [5.74, 6) is 0. The molecule has 0 atom stereocenters. The quantitative estimate of drug-likeness (QED) is 0.456. The first kappa shape index (κ1) is 17.8. The average molecular weight is 401 g/mol. The van der Waals surface area contributed by atoms with Gasteiger partial charge in [0.25, 0.3) is 10.0 Å². The minimum atomic E-state index is -3.74. The normalized spacial score (nSPS) is 13.2. The molecule has 0 unspecified atom stereocenters. The molecule has 0 N–H and O–H groups in total. The van der Waals surface area contributed by atoms with E-state index >= 15 is 0 Å². The Kier molecular flexibility index (Phi) is 3.89. The summed E-state index contributed by atoms with van der Waals surface area (Å²) in [6, 6.07) is 22.8. The molecule has 3 aromatic carbocycles. The van der Waals surface area contributed by atoms with Crippen molar-refractivity contribution in [1.29, 1.82) is 0 Å². The smallest absolute Gasteiger partial charge is 0.268 e. The standard InChI is InChI=1S/C24H20N2O2S/c1-17-11-13-18(14-12-17)29(27,28)26-16-15-20-19-7-3-5-9-22(19)25(2)24(20)21-8-4-6-10-23(21)26/h3-16H,1-2H3. The van der Waals surface area contributed by atoms with Gasteiger partial charge in [-0.3, -0.25) is 0 Å². The highest BCUT2D eigenvalue weighted by molar-refractivity contribution is 7.93. The molecule has 0 aliphatic carbocycles. The van der Waals surface area contributed by atoms with Gasteiger partial charge in [0.05, 0.1) is 16.3 Å². The number of hydrogen-bond donors (Lipinski definition) is 0. The van der Waals surface area contributed by atoms with Gasteiger partial charge in [0.2, 0.25) is 0 Å². The molecule has 5 rings (SSSR count). The van der Waals surface area contributed by atoms with Crippen LogP contribution in [0.2, 0.25) is 0 Å². The molecular formula is C24H20N2O2S. The van der Waals surface area contributed by atoms with Crippen LogP contribution in [0.5, 0.6) is 0 Å². The molecule has 1 aromatic heterocycles.